The zero-order valence-electron chi connectivity index (χ0n) is 19.4. The minimum Gasteiger partial charge on any atom is -0.463 e. The molecule has 32 heavy (non-hydrogen) atoms. The van der Waals surface area contributed by atoms with Crippen molar-refractivity contribution >= 4 is 17.7 Å². The van der Waals surface area contributed by atoms with Crippen molar-refractivity contribution in [1.82, 2.24) is 15.3 Å². The number of methoxy groups -OCH3 is 2. The standard InChI is InChI=1S/C24H32N4O4/c1-14-18(10-11-28(15(2)30-4)16(3)31-5)22(17-8-9-17)20(25-14)13-19-23(26-27-24(19)29)21-7-6-12-32-21/h6-7,12-13,15-17,25H,8-11H2,1-5H3,(H,27,29). The zero-order chi connectivity index (χ0) is 22.8. The number of nitrogens with zero attached hydrogens (tertiary/aromatic N) is 2. The molecule has 172 valence electrons. The van der Waals surface area contributed by atoms with Gasteiger partial charge in [-0.3, -0.25) is 9.69 Å². The predicted molar refractivity (Wildman–Crippen MR) is 122 cm³/mol. The van der Waals surface area contributed by atoms with Crippen LogP contribution in [0.1, 0.15) is 60.9 Å². The van der Waals surface area contributed by atoms with Crippen molar-refractivity contribution in [2.24, 2.45) is 5.10 Å². The highest BCUT2D eigenvalue weighted by atomic mass is 16.5. The van der Waals surface area contributed by atoms with E-state index in [1.807, 2.05) is 26.0 Å². The van der Waals surface area contributed by atoms with Gasteiger partial charge in [0.25, 0.3) is 5.91 Å². The SMILES string of the molecule is COC(C)N(CCc1c(C)[nH]c(C=C2C(=O)NN=C2c2ccco2)c1C1CC1)C(C)OC. The summed E-state index contributed by atoms with van der Waals surface area (Å²) >= 11 is 0. The van der Waals surface area contributed by atoms with E-state index in [0.717, 1.165) is 24.4 Å². The van der Waals surface area contributed by atoms with E-state index in [1.54, 1.807) is 26.5 Å². The predicted octanol–water partition coefficient (Wildman–Crippen LogP) is 3.54. The fourth-order valence-corrected chi connectivity index (χ4v) is 4.37. The highest BCUT2D eigenvalue weighted by Crippen LogP contribution is 2.45. The first-order valence-corrected chi connectivity index (χ1v) is 11.1. The minimum absolute atomic E-state index is 0.0515. The molecule has 1 aliphatic heterocycles. The maximum Gasteiger partial charge on any atom is 0.273 e. The van der Waals surface area contributed by atoms with E-state index in [9.17, 15) is 4.79 Å². The van der Waals surface area contributed by atoms with Gasteiger partial charge in [-0.2, -0.15) is 5.10 Å². The first-order chi connectivity index (χ1) is 15.4. The van der Waals surface area contributed by atoms with Crippen molar-refractivity contribution in [2.75, 3.05) is 20.8 Å². The molecule has 2 unspecified atom stereocenters. The third kappa shape index (κ3) is 4.44. The van der Waals surface area contributed by atoms with Crippen LogP contribution in [0, 0.1) is 6.92 Å². The molecule has 0 spiro atoms. The van der Waals surface area contributed by atoms with Crippen molar-refractivity contribution in [1.29, 1.82) is 0 Å². The summed E-state index contributed by atoms with van der Waals surface area (Å²) in [5.41, 5.74) is 8.34. The van der Waals surface area contributed by atoms with Gasteiger partial charge in [-0.25, -0.2) is 5.43 Å². The van der Waals surface area contributed by atoms with Crippen LogP contribution in [-0.2, 0) is 20.7 Å². The third-order valence-corrected chi connectivity index (χ3v) is 6.42. The van der Waals surface area contributed by atoms with E-state index in [2.05, 4.69) is 27.3 Å². The lowest BCUT2D eigenvalue weighted by Crippen LogP contribution is -2.43. The average molecular weight is 441 g/mol. The van der Waals surface area contributed by atoms with Crippen molar-refractivity contribution in [3.8, 4) is 0 Å². The van der Waals surface area contributed by atoms with Crippen molar-refractivity contribution in [3.63, 3.8) is 0 Å². The Balaban J connectivity index is 1.64. The average Bonchev–Trinajstić information content (AvgIpc) is 3.20. The Labute approximate surface area is 188 Å². The maximum absolute atomic E-state index is 12.5. The molecule has 3 heterocycles. The minimum atomic E-state index is -0.221. The Bertz CT molecular complexity index is 1010. The molecule has 1 amide bonds. The number of furan rings is 1. The molecule has 1 fully saturated rings. The number of aromatic amines is 1. The van der Waals surface area contributed by atoms with Crippen LogP contribution in [0.25, 0.3) is 6.08 Å². The van der Waals surface area contributed by atoms with Gasteiger partial charge in [0, 0.05) is 32.2 Å². The topological polar surface area (TPSA) is 92.1 Å². The summed E-state index contributed by atoms with van der Waals surface area (Å²) < 4.78 is 16.6. The second-order valence-electron chi connectivity index (χ2n) is 8.42. The Kier molecular flexibility index (Phi) is 6.64. The van der Waals surface area contributed by atoms with Crippen molar-refractivity contribution in [2.45, 2.75) is 58.4 Å². The largest absolute Gasteiger partial charge is 0.463 e. The Morgan fingerprint density at radius 1 is 1.28 bits per heavy atom. The molecular formula is C24H32N4O4. The number of nitrogens with one attached hydrogen (secondary N) is 2. The van der Waals surface area contributed by atoms with Crippen LogP contribution in [0.15, 0.2) is 33.5 Å². The van der Waals surface area contributed by atoms with Crippen molar-refractivity contribution < 1.29 is 18.7 Å². The summed E-state index contributed by atoms with van der Waals surface area (Å²) in [5.74, 6) is 0.869. The summed E-state index contributed by atoms with van der Waals surface area (Å²) in [6, 6.07) is 3.60. The number of aromatic nitrogens is 1. The number of hydrogen-bond acceptors (Lipinski definition) is 6. The molecule has 2 N–H and O–H groups in total. The fourth-order valence-electron chi connectivity index (χ4n) is 4.37. The van der Waals surface area contributed by atoms with E-state index in [-0.39, 0.29) is 18.4 Å². The monoisotopic (exact) mass is 440 g/mol. The number of H-pyrrole nitrogens is 1. The number of hydrogen-bond donors (Lipinski definition) is 2. The van der Waals surface area contributed by atoms with Gasteiger partial charge < -0.3 is 18.9 Å². The van der Waals surface area contributed by atoms with Gasteiger partial charge in [0.15, 0.2) is 5.76 Å². The number of amides is 1. The lowest BCUT2D eigenvalue weighted by Gasteiger charge is -2.32. The second-order valence-corrected chi connectivity index (χ2v) is 8.42. The number of ether oxygens (including phenoxy) is 2. The molecule has 4 rings (SSSR count). The Morgan fingerprint density at radius 3 is 2.59 bits per heavy atom. The highest BCUT2D eigenvalue weighted by Gasteiger charge is 2.33. The molecule has 0 saturated heterocycles. The van der Waals surface area contributed by atoms with Crippen LogP contribution in [0.2, 0.25) is 0 Å². The number of carbonyl (C=O) groups is 1. The number of hydrazone groups is 1. The highest BCUT2D eigenvalue weighted by molar-refractivity contribution is 6.32. The summed E-state index contributed by atoms with van der Waals surface area (Å²) in [4.78, 5) is 18.3. The Morgan fingerprint density at radius 2 is 2.00 bits per heavy atom. The van der Waals surface area contributed by atoms with Gasteiger partial charge in [-0.1, -0.05) is 0 Å². The fraction of sp³-hybridized carbons (Fsp3) is 0.500. The zero-order valence-corrected chi connectivity index (χ0v) is 19.4. The van der Waals surface area contributed by atoms with Gasteiger partial charge in [-0.15, -0.1) is 0 Å². The van der Waals surface area contributed by atoms with E-state index in [0.29, 0.717) is 23.0 Å². The van der Waals surface area contributed by atoms with E-state index in [1.165, 1.54) is 24.0 Å². The number of aryl methyl sites for hydroxylation is 1. The first-order valence-electron chi connectivity index (χ1n) is 11.1. The first kappa shape index (κ1) is 22.5. The van der Waals surface area contributed by atoms with Crippen LogP contribution in [0.5, 0.6) is 0 Å². The van der Waals surface area contributed by atoms with Gasteiger partial charge in [-0.05, 0) is 75.3 Å². The molecule has 2 aliphatic rings. The Hall–Kier alpha value is -2.68. The molecule has 1 aliphatic carbocycles. The van der Waals surface area contributed by atoms with E-state index >= 15 is 0 Å². The van der Waals surface area contributed by atoms with E-state index < -0.39 is 0 Å². The smallest absolute Gasteiger partial charge is 0.273 e. The lowest BCUT2D eigenvalue weighted by molar-refractivity contribution is -0.116. The van der Waals surface area contributed by atoms with Crippen LogP contribution in [0.4, 0.5) is 0 Å². The molecule has 2 aromatic rings. The molecule has 8 heteroatoms. The molecule has 0 aromatic carbocycles. The summed E-state index contributed by atoms with van der Waals surface area (Å²) in [6.07, 6.45) is 6.59. The normalized spacial score (nSPS) is 19.5. The summed E-state index contributed by atoms with van der Waals surface area (Å²) in [5, 5.41) is 4.18. The van der Waals surface area contributed by atoms with Gasteiger partial charge >= 0.3 is 0 Å². The summed E-state index contributed by atoms with van der Waals surface area (Å²) in [7, 11) is 3.43. The summed E-state index contributed by atoms with van der Waals surface area (Å²) in [6.45, 7) is 6.97. The van der Waals surface area contributed by atoms with Crippen LogP contribution in [0.3, 0.4) is 0 Å². The molecule has 0 bridgehead atoms. The van der Waals surface area contributed by atoms with Crippen LogP contribution >= 0.6 is 0 Å². The lowest BCUT2D eigenvalue weighted by atomic mass is 9.99. The molecule has 1 saturated carbocycles. The number of rotatable bonds is 10. The molecular weight excluding hydrogens is 408 g/mol. The van der Waals surface area contributed by atoms with Crippen LogP contribution < -0.4 is 5.43 Å². The maximum atomic E-state index is 12.5. The third-order valence-electron chi connectivity index (χ3n) is 6.42. The number of carbonyl (C=O) groups excluding carboxylic acids is 1. The van der Waals surface area contributed by atoms with Gasteiger partial charge in [0.1, 0.15) is 18.2 Å². The van der Waals surface area contributed by atoms with Crippen LogP contribution in [-0.4, -0.2) is 54.7 Å². The van der Waals surface area contributed by atoms with Gasteiger partial charge in [0.2, 0.25) is 0 Å². The molecule has 0 radical (unpaired) electrons. The second kappa shape index (κ2) is 9.44. The van der Waals surface area contributed by atoms with Gasteiger partial charge in [0.05, 0.1) is 11.8 Å². The van der Waals surface area contributed by atoms with Crippen molar-refractivity contribution in [3.05, 3.63) is 52.2 Å². The van der Waals surface area contributed by atoms with E-state index in [4.69, 9.17) is 13.9 Å². The molecule has 8 nitrogen and oxygen atoms in total. The molecule has 2 atom stereocenters. The quantitative estimate of drug-likeness (QED) is 0.436. The molecule has 2 aromatic heterocycles.